The molecule has 4 rings (SSSR count). The van der Waals surface area contributed by atoms with Crippen LogP contribution < -0.4 is 9.64 Å². The molecule has 0 aliphatic heterocycles. The van der Waals surface area contributed by atoms with Crippen molar-refractivity contribution in [3.8, 4) is 11.5 Å². The van der Waals surface area contributed by atoms with E-state index in [1.165, 1.54) is 11.3 Å². The van der Waals surface area contributed by atoms with Gasteiger partial charge in [-0.1, -0.05) is 41.7 Å². The van der Waals surface area contributed by atoms with Crippen molar-refractivity contribution in [1.82, 2.24) is 9.88 Å². The summed E-state index contributed by atoms with van der Waals surface area (Å²) in [5.41, 5.74) is 1.51. The zero-order chi connectivity index (χ0) is 20.9. The summed E-state index contributed by atoms with van der Waals surface area (Å²) >= 11 is 1.54. The molecule has 0 saturated heterocycles. The van der Waals surface area contributed by atoms with Crippen molar-refractivity contribution in [2.75, 3.05) is 32.1 Å². The van der Waals surface area contributed by atoms with Gasteiger partial charge in [-0.2, -0.15) is 0 Å². The number of benzene rings is 3. The normalized spacial score (nSPS) is 11.0. The third-order valence-corrected chi connectivity index (χ3v) is 5.67. The molecule has 0 spiro atoms. The smallest absolute Gasteiger partial charge is 0.260 e. The van der Waals surface area contributed by atoms with Crippen molar-refractivity contribution < 1.29 is 9.53 Å². The van der Waals surface area contributed by atoms with Crippen LogP contribution >= 0.6 is 11.3 Å². The van der Waals surface area contributed by atoms with E-state index < -0.39 is 0 Å². The van der Waals surface area contributed by atoms with Crippen molar-refractivity contribution in [1.29, 1.82) is 0 Å². The Bertz CT molecular complexity index is 1090. The number of nitrogens with zero attached hydrogens (tertiary/aromatic N) is 3. The number of aromatic nitrogens is 1. The van der Waals surface area contributed by atoms with E-state index >= 15 is 0 Å². The molecule has 3 aromatic carbocycles. The second-order valence-corrected chi connectivity index (χ2v) is 8.17. The van der Waals surface area contributed by atoms with Crippen LogP contribution in [0.5, 0.6) is 11.5 Å². The Hall–Kier alpha value is -3.22. The molecule has 1 heterocycles. The molecule has 5 nitrogen and oxygen atoms in total. The minimum absolute atomic E-state index is 0.0674. The average Bonchev–Trinajstić information content (AvgIpc) is 3.18. The van der Waals surface area contributed by atoms with Crippen molar-refractivity contribution in [3.63, 3.8) is 0 Å². The second-order valence-electron chi connectivity index (χ2n) is 7.16. The van der Waals surface area contributed by atoms with Gasteiger partial charge in [0.15, 0.2) is 5.13 Å². The van der Waals surface area contributed by atoms with Crippen LogP contribution in [-0.4, -0.2) is 43.0 Å². The summed E-state index contributed by atoms with van der Waals surface area (Å²) in [4.78, 5) is 21.9. The van der Waals surface area contributed by atoms with Gasteiger partial charge in [0.1, 0.15) is 11.5 Å². The largest absolute Gasteiger partial charge is 0.457 e. The first-order valence-corrected chi connectivity index (χ1v) is 10.6. The minimum atomic E-state index is -0.0674. The fraction of sp³-hybridized carbons (Fsp3) is 0.167. The third kappa shape index (κ3) is 4.67. The van der Waals surface area contributed by atoms with E-state index in [0.717, 1.165) is 22.5 Å². The number of likely N-dealkylation sites (N-methyl/N-ethyl adjacent to an activating group) is 1. The maximum absolute atomic E-state index is 13.3. The number of carbonyl (C=O) groups is 1. The van der Waals surface area contributed by atoms with Gasteiger partial charge in [0, 0.05) is 18.7 Å². The Labute approximate surface area is 180 Å². The highest BCUT2D eigenvalue weighted by Crippen LogP contribution is 2.30. The number of rotatable bonds is 7. The minimum Gasteiger partial charge on any atom is -0.457 e. The van der Waals surface area contributed by atoms with Gasteiger partial charge in [-0.25, -0.2) is 4.98 Å². The topological polar surface area (TPSA) is 45.7 Å². The summed E-state index contributed by atoms with van der Waals surface area (Å²) in [5.74, 6) is 1.39. The summed E-state index contributed by atoms with van der Waals surface area (Å²) in [7, 11) is 3.99. The lowest BCUT2D eigenvalue weighted by atomic mass is 10.2. The molecule has 152 valence electrons. The first kappa shape index (κ1) is 20.1. The Morgan fingerprint density at radius 2 is 1.53 bits per heavy atom. The van der Waals surface area contributed by atoms with Crippen LogP contribution in [0.25, 0.3) is 10.2 Å². The summed E-state index contributed by atoms with van der Waals surface area (Å²) in [6.45, 7) is 1.31. The summed E-state index contributed by atoms with van der Waals surface area (Å²) in [6.07, 6.45) is 0. The van der Waals surface area contributed by atoms with Gasteiger partial charge in [-0.3, -0.25) is 9.69 Å². The number of thiazole rings is 1. The standard InChI is InChI=1S/C24H23N3O2S/c1-26(2)16-17-27(24-25-21-10-6-7-11-22(21)30-24)23(28)18-12-14-20(15-13-18)29-19-8-4-3-5-9-19/h3-15H,16-17H2,1-2H3. The van der Waals surface area contributed by atoms with Gasteiger partial charge < -0.3 is 9.64 Å². The van der Waals surface area contributed by atoms with Crippen LogP contribution in [0.4, 0.5) is 5.13 Å². The number of carbonyl (C=O) groups excluding carboxylic acids is 1. The fourth-order valence-electron chi connectivity index (χ4n) is 3.01. The van der Waals surface area contributed by atoms with Crippen LogP contribution in [0.3, 0.4) is 0 Å². The third-order valence-electron chi connectivity index (χ3n) is 4.61. The Kier molecular flexibility index (Phi) is 6.07. The molecule has 0 atom stereocenters. The fourth-order valence-corrected chi connectivity index (χ4v) is 4.00. The summed E-state index contributed by atoms with van der Waals surface area (Å²) in [6, 6.07) is 24.8. The number of para-hydroxylation sites is 2. The predicted molar refractivity (Wildman–Crippen MR) is 123 cm³/mol. The maximum Gasteiger partial charge on any atom is 0.260 e. The molecular weight excluding hydrogens is 394 g/mol. The first-order chi connectivity index (χ1) is 14.6. The molecule has 0 bridgehead atoms. The van der Waals surface area contributed by atoms with Crippen molar-refractivity contribution >= 4 is 32.6 Å². The summed E-state index contributed by atoms with van der Waals surface area (Å²) < 4.78 is 6.91. The van der Waals surface area contributed by atoms with Gasteiger partial charge in [0.2, 0.25) is 0 Å². The van der Waals surface area contributed by atoms with E-state index in [0.29, 0.717) is 23.0 Å². The maximum atomic E-state index is 13.3. The number of amides is 1. The zero-order valence-corrected chi connectivity index (χ0v) is 17.8. The van der Waals surface area contributed by atoms with Gasteiger partial charge in [0.05, 0.1) is 10.2 Å². The molecule has 0 aliphatic carbocycles. The molecule has 6 heteroatoms. The van der Waals surface area contributed by atoms with Crippen molar-refractivity contribution in [2.24, 2.45) is 0 Å². The Balaban J connectivity index is 1.57. The predicted octanol–water partition coefficient (Wildman–Crippen LogP) is 5.30. The molecule has 1 amide bonds. The van der Waals surface area contributed by atoms with E-state index in [1.54, 1.807) is 17.0 Å². The number of ether oxygens (including phenoxy) is 1. The lowest BCUT2D eigenvalue weighted by Crippen LogP contribution is -2.36. The van der Waals surface area contributed by atoms with E-state index in [-0.39, 0.29) is 5.91 Å². The van der Waals surface area contributed by atoms with Crippen LogP contribution in [0.1, 0.15) is 10.4 Å². The quantitative estimate of drug-likeness (QED) is 0.409. The number of hydrogen-bond donors (Lipinski definition) is 0. The van der Waals surface area contributed by atoms with Crippen molar-refractivity contribution in [2.45, 2.75) is 0 Å². The summed E-state index contributed by atoms with van der Waals surface area (Å²) in [5, 5.41) is 0.715. The van der Waals surface area contributed by atoms with Crippen LogP contribution in [-0.2, 0) is 0 Å². The second kappa shape index (κ2) is 9.07. The molecule has 0 N–H and O–H groups in total. The highest BCUT2D eigenvalue weighted by Gasteiger charge is 2.21. The molecule has 4 aromatic rings. The van der Waals surface area contributed by atoms with E-state index in [1.807, 2.05) is 80.8 Å². The lowest BCUT2D eigenvalue weighted by Gasteiger charge is -2.22. The molecule has 0 aliphatic rings. The molecule has 30 heavy (non-hydrogen) atoms. The van der Waals surface area contributed by atoms with Crippen molar-refractivity contribution in [3.05, 3.63) is 84.4 Å². The van der Waals surface area contributed by atoms with Gasteiger partial charge >= 0.3 is 0 Å². The average molecular weight is 418 g/mol. The first-order valence-electron chi connectivity index (χ1n) is 9.75. The molecule has 0 fully saturated rings. The number of anilines is 1. The molecule has 0 radical (unpaired) electrons. The molecule has 0 unspecified atom stereocenters. The van der Waals surface area contributed by atoms with Crippen LogP contribution in [0.2, 0.25) is 0 Å². The lowest BCUT2D eigenvalue weighted by molar-refractivity contribution is 0.0985. The monoisotopic (exact) mass is 417 g/mol. The van der Waals surface area contributed by atoms with Gasteiger partial charge in [0.25, 0.3) is 5.91 Å². The highest BCUT2D eigenvalue weighted by atomic mass is 32.1. The van der Waals surface area contributed by atoms with Crippen LogP contribution in [0.15, 0.2) is 78.9 Å². The van der Waals surface area contributed by atoms with E-state index in [9.17, 15) is 4.79 Å². The van der Waals surface area contributed by atoms with Gasteiger partial charge in [-0.05, 0) is 62.6 Å². The Morgan fingerprint density at radius 3 is 2.23 bits per heavy atom. The van der Waals surface area contributed by atoms with Crippen LogP contribution in [0, 0.1) is 0 Å². The SMILES string of the molecule is CN(C)CCN(C(=O)c1ccc(Oc2ccccc2)cc1)c1nc2ccccc2s1. The Morgan fingerprint density at radius 1 is 0.867 bits per heavy atom. The number of fused-ring (bicyclic) bond motifs is 1. The number of hydrogen-bond acceptors (Lipinski definition) is 5. The van der Waals surface area contributed by atoms with E-state index in [4.69, 9.17) is 9.72 Å². The van der Waals surface area contributed by atoms with Gasteiger partial charge in [-0.15, -0.1) is 0 Å². The molecule has 1 aromatic heterocycles. The zero-order valence-electron chi connectivity index (χ0n) is 17.0. The van der Waals surface area contributed by atoms with E-state index in [2.05, 4.69) is 4.90 Å². The molecular formula is C24H23N3O2S. The highest BCUT2D eigenvalue weighted by molar-refractivity contribution is 7.22. The molecule has 0 saturated carbocycles.